The first kappa shape index (κ1) is 22.7. The number of benzene rings is 2. The smallest absolute Gasteiger partial charge is 0.262 e. The second kappa shape index (κ2) is 10.9. The number of carbonyl (C=O) groups is 2. The van der Waals surface area contributed by atoms with Crippen molar-refractivity contribution < 1.29 is 14.3 Å². The van der Waals surface area contributed by atoms with Gasteiger partial charge in [-0.3, -0.25) is 19.0 Å². The number of Topliss-reactive ketones (excluding diaryl/α,β-unsaturated/α-hetero) is 1. The molecule has 1 N–H and O–H groups in total. The Morgan fingerprint density at radius 3 is 2.74 bits per heavy atom. The zero-order chi connectivity index (χ0) is 22.2. The molecule has 0 aliphatic carbocycles. The average Bonchev–Trinajstić information content (AvgIpc) is 2.77. The number of ether oxygens (including phenoxy) is 1. The van der Waals surface area contributed by atoms with E-state index in [2.05, 4.69) is 10.3 Å². The number of aromatic nitrogens is 2. The van der Waals surface area contributed by atoms with Crippen LogP contribution >= 0.6 is 11.8 Å². The monoisotopic (exact) mass is 439 g/mol. The Hall–Kier alpha value is -2.97. The van der Waals surface area contributed by atoms with Crippen LogP contribution in [0, 0.1) is 0 Å². The van der Waals surface area contributed by atoms with E-state index in [4.69, 9.17) is 4.74 Å². The molecule has 2 aromatic carbocycles. The number of para-hydroxylation sites is 1. The second-order valence-electron chi connectivity index (χ2n) is 6.89. The van der Waals surface area contributed by atoms with Crippen LogP contribution in [0.25, 0.3) is 10.9 Å². The van der Waals surface area contributed by atoms with Gasteiger partial charge in [0.25, 0.3) is 5.56 Å². The highest BCUT2D eigenvalue weighted by Gasteiger charge is 2.13. The van der Waals surface area contributed by atoms with Crippen molar-refractivity contribution >= 4 is 40.0 Å². The Morgan fingerprint density at radius 1 is 1.16 bits per heavy atom. The molecule has 8 heteroatoms. The summed E-state index contributed by atoms with van der Waals surface area (Å²) in [7, 11) is 0. The average molecular weight is 440 g/mol. The van der Waals surface area contributed by atoms with Crippen LogP contribution in [0.4, 0.5) is 5.69 Å². The van der Waals surface area contributed by atoms with Crippen molar-refractivity contribution in [3.05, 3.63) is 64.4 Å². The molecule has 3 aromatic rings. The second-order valence-corrected chi connectivity index (χ2v) is 7.84. The maximum atomic E-state index is 13.0. The lowest BCUT2D eigenvalue weighted by molar-refractivity contribution is -0.113. The molecule has 0 spiro atoms. The fourth-order valence-electron chi connectivity index (χ4n) is 3.07. The molecule has 0 aliphatic rings. The van der Waals surface area contributed by atoms with Crippen LogP contribution in [-0.4, -0.2) is 40.2 Å². The Morgan fingerprint density at radius 2 is 1.97 bits per heavy atom. The van der Waals surface area contributed by atoms with Crippen molar-refractivity contribution in [1.82, 2.24) is 9.55 Å². The molecule has 1 amide bonds. The van der Waals surface area contributed by atoms with Gasteiger partial charge in [-0.2, -0.15) is 0 Å². The number of thioether (sulfide) groups is 1. The molecule has 0 aliphatic heterocycles. The number of amides is 1. The Bertz CT molecular complexity index is 1140. The zero-order valence-corrected chi connectivity index (χ0v) is 18.4. The number of nitrogens with zero attached hydrogens (tertiary/aromatic N) is 2. The first-order chi connectivity index (χ1) is 15.0. The Labute approximate surface area is 184 Å². The summed E-state index contributed by atoms with van der Waals surface area (Å²) in [5.41, 5.74) is 1.56. The van der Waals surface area contributed by atoms with Crippen molar-refractivity contribution in [1.29, 1.82) is 0 Å². The molecular formula is C23H25N3O4S. The van der Waals surface area contributed by atoms with Gasteiger partial charge in [-0.1, -0.05) is 36.0 Å². The van der Waals surface area contributed by atoms with Crippen LogP contribution in [0.1, 0.15) is 30.6 Å². The highest BCUT2D eigenvalue weighted by atomic mass is 32.2. The fourth-order valence-corrected chi connectivity index (χ4v) is 3.89. The van der Waals surface area contributed by atoms with Crippen molar-refractivity contribution in [2.45, 2.75) is 32.0 Å². The van der Waals surface area contributed by atoms with E-state index in [0.29, 0.717) is 53.5 Å². The minimum absolute atomic E-state index is 0.0677. The van der Waals surface area contributed by atoms with Crippen LogP contribution in [0.15, 0.2) is 58.5 Å². The number of fused-ring (bicyclic) bond motifs is 1. The molecule has 3 rings (SSSR count). The van der Waals surface area contributed by atoms with Gasteiger partial charge in [0.1, 0.15) is 0 Å². The summed E-state index contributed by atoms with van der Waals surface area (Å²) in [6.45, 7) is 5.04. The van der Waals surface area contributed by atoms with Gasteiger partial charge in [0.05, 0.1) is 16.7 Å². The van der Waals surface area contributed by atoms with Gasteiger partial charge in [-0.25, -0.2) is 4.98 Å². The van der Waals surface area contributed by atoms with Crippen LogP contribution in [0.2, 0.25) is 0 Å². The predicted molar refractivity (Wildman–Crippen MR) is 123 cm³/mol. The first-order valence-corrected chi connectivity index (χ1v) is 11.1. The van der Waals surface area contributed by atoms with Crippen molar-refractivity contribution in [3.63, 3.8) is 0 Å². The number of ketones is 1. The Kier molecular flexibility index (Phi) is 7.97. The SMILES string of the molecule is CCOCCCn1c(SCC(=O)Nc2cccc(C(C)=O)c2)nc2ccccc2c1=O. The molecule has 162 valence electrons. The van der Waals surface area contributed by atoms with Gasteiger partial charge in [-0.15, -0.1) is 0 Å². The first-order valence-electron chi connectivity index (χ1n) is 10.1. The van der Waals surface area contributed by atoms with Gasteiger partial charge in [-0.05, 0) is 44.5 Å². The summed E-state index contributed by atoms with van der Waals surface area (Å²) in [6.07, 6.45) is 0.672. The maximum Gasteiger partial charge on any atom is 0.262 e. The van der Waals surface area contributed by atoms with Crippen LogP contribution in [0.5, 0.6) is 0 Å². The van der Waals surface area contributed by atoms with Gasteiger partial charge >= 0.3 is 0 Å². The summed E-state index contributed by atoms with van der Waals surface area (Å²) in [5.74, 6) is -0.225. The van der Waals surface area contributed by atoms with Crippen LogP contribution < -0.4 is 10.9 Å². The largest absolute Gasteiger partial charge is 0.382 e. The lowest BCUT2D eigenvalue weighted by atomic mass is 10.1. The summed E-state index contributed by atoms with van der Waals surface area (Å²) in [5, 5.41) is 3.83. The third-order valence-corrected chi connectivity index (χ3v) is 5.56. The fraction of sp³-hybridized carbons (Fsp3) is 0.304. The number of rotatable bonds is 10. The van der Waals surface area contributed by atoms with Gasteiger partial charge in [0, 0.05) is 31.0 Å². The molecule has 0 fully saturated rings. The number of carbonyl (C=O) groups excluding carboxylic acids is 2. The standard InChI is InChI=1S/C23H25N3O4S/c1-3-30-13-7-12-26-22(29)19-10-4-5-11-20(19)25-23(26)31-15-21(28)24-18-9-6-8-17(14-18)16(2)27/h4-6,8-11,14H,3,7,12-13,15H2,1-2H3,(H,24,28). The highest BCUT2D eigenvalue weighted by molar-refractivity contribution is 7.99. The molecule has 0 saturated heterocycles. The number of hydrogen-bond donors (Lipinski definition) is 1. The molecule has 0 saturated carbocycles. The Balaban J connectivity index is 1.76. The van der Waals surface area contributed by atoms with E-state index in [-0.39, 0.29) is 23.0 Å². The molecule has 31 heavy (non-hydrogen) atoms. The third-order valence-electron chi connectivity index (χ3n) is 4.59. The van der Waals surface area contributed by atoms with E-state index < -0.39 is 0 Å². The van der Waals surface area contributed by atoms with Crippen LogP contribution in [0.3, 0.4) is 0 Å². The van der Waals surface area contributed by atoms with Gasteiger partial charge in [0.15, 0.2) is 10.9 Å². The van der Waals surface area contributed by atoms with E-state index >= 15 is 0 Å². The van der Waals surface area contributed by atoms with Crippen molar-refractivity contribution in [3.8, 4) is 0 Å². The van der Waals surface area contributed by atoms with E-state index in [1.165, 1.54) is 18.7 Å². The highest BCUT2D eigenvalue weighted by Crippen LogP contribution is 2.19. The lowest BCUT2D eigenvalue weighted by Crippen LogP contribution is -2.25. The van der Waals surface area contributed by atoms with E-state index in [1.54, 1.807) is 41.0 Å². The summed E-state index contributed by atoms with van der Waals surface area (Å²) < 4.78 is 6.99. The third kappa shape index (κ3) is 6.02. The van der Waals surface area contributed by atoms with E-state index in [1.807, 2.05) is 19.1 Å². The number of anilines is 1. The molecule has 0 unspecified atom stereocenters. The summed E-state index contributed by atoms with van der Waals surface area (Å²) >= 11 is 1.21. The molecule has 1 heterocycles. The maximum absolute atomic E-state index is 13.0. The molecule has 0 atom stereocenters. The van der Waals surface area contributed by atoms with E-state index in [9.17, 15) is 14.4 Å². The van der Waals surface area contributed by atoms with Gasteiger partial charge in [0.2, 0.25) is 5.91 Å². The predicted octanol–water partition coefficient (Wildman–Crippen LogP) is 3.76. The van der Waals surface area contributed by atoms with Crippen molar-refractivity contribution in [2.75, 3.05) is 24.3 Å². The number of hydrogen-bond acceptors (Lipinski definition) is 6. The lowest BCUT2D eigenvalue weighted by Gasteiger charge is -2.13. The molecule has 7 nitrogen and oxygen atoms in total. The quantitative estimate of drug-likeness (QED) is 0.224. The molecular weight excluding hydrogens is 414 g/mol. The molecule has 1 aromatic heterocycles. The van der Waals surface area contributed by atoms with E-state index in [0.717, 1.165) is 0 Å². The minimum Gasteiger partial charge on any atom is -0.382 e. The molecule has 0 radical (unpaired) electrons. The van der Waals surface area contributed by atoms with Gasteiger partial charge < -0.3 is 10.1 Å². The summed E-state index contributed by atoms with van der Waals surface area (Å²) in [6, 6.07) is 14.0. The topological polar surface area (TPSA) is 90.3 Å². The summed E-state index contributed by atoms with van der Waals surface area (Å²) in [4.78, 5) is 41.6. The normalized spacial score (nSPS) is 10.9. The van der Waals surface area contributed by atoms with Crippen molar-refractivity contribution in [2.24, 2.45) is 0 Å². The minimum atomic E-state index is -0.242. The molecule has 0 bridgehead atoms. The number of nitrogens with one attached hydrogen (secondary N) is 1. The van der Waals surface area contributed by atoms with Crippen LogP contribution in [-0.2, 0) is 16.1 Å². The zero-order valence-electron chi connectivity index (χ0n) is 17.6.